The Balaban J connectivity index is 2.53. The maximum absolute atomic E-state index is 11.9. The molecule has 1 atom stereocenters. The maximum atomic E-state index is 11.9. The number of esters is 1. The number of hydrogen-bond acceptors (Lipinski definition) is 4. The summed E-state index contributed by atoms with van der Waals surface area (Å²) in [5.74, 6) is 0.188. The highest BCUT2D eigenvalue weighted by atomic mass is 16.5. The summed E-state index contributed by atoms with van der Waals surface area (Å²) in [7, 11) is 1.55. The normalized spacial score (nSPS) is 11.8. The van der Waals surface area contributed by atoms with E-state index in [1.54, 1.807) is 38.3 Å². The van der Waals surface area contributed by atoms with E-state index in [0.717, 1.165) is 0 Å². The molecule has 0 radical (unpaired) electrons. The van der Waals surface area contributed by atoms with E-state index in [1.807, 2.05) is 13.8 Å². The molecule has 1 rings (SSSR count). The number of hydrogen-bond donors (Lipinski definition) is 1. The third-order valence-corrected chi connectivity index (χ3v) is 2.66. The Kier molecular flexibility index (Phi) is 6.03. The minimum absolute atomic E-state index is 0.291. The van der Waals surface area contributed by atoms with Gasteiger partial charge < -0.3 is 14.8 Å². The third-order valence-electron chi connectivity index (χ3n) is 2.66. The van der Waals surface area contributed by atoms with Crippen molar-refractivity contribution in [2.45, 2.75) is 26.9 Å². The van der Waals surface area contributed by atoms with Gasteiger partial charge in [-0.1, -0.05) is 13.8 Å². The van der Waals surface area contributed by atoms with Crippen molar-refractivity contribution < 1.29 is 19.1 Å². The average molecular weight is 279 g/mol. The smallest absolute Gasteiger partial charge is 0.338 e. The molecule has 5 heteroatoms. The van der Waals surface area contributed by atoms with Crippen LogP contribution in [0, 0.1) is 5.92 Å². The van der Waals surface area contributed by atoms with Gasteiger partial charge in [0.05, 0.1) is 12.7 Å². The van der Waals surface area contributed by atoms with E-state index in [0.29, 0.717) is 23.8 Å². The summed E-state index contributed by atoms with van der Waals surface area (Å²) in [5, 5.41) is 2.72. The molecule has 0 aliphatic carbocycles. The summed E-state index contributed by atoms with van der Waals surface area (Å²) in [6, 6.07) is 6.53. The van der Waals surface area contributed by atoms with Crippen molar-refractivity contribution in [3.05, 3.63) is 29.8 Å². The fraction of sp³-hybridized carbons (Fsp3) is 0.467. The SMILES string of the molecule is COc1ccc(C(=O)OC(C)C(=O)NCC(C)C)cc1. The second-order valence-corrected chi connectivity index (χ2v) is 4.92. The lowest BCUT2D eigenvalue weighted by atomic mass is 10.2. The van der Waals surface area contributed by atoms with Gasteiger partial charge in [-0.05, 0) is 37.1 Å². The van der Waals surface area contributed by atoms with Gasteiger partial charge in [0, 0.05) is 6.54 Å². The highest BCUT2D eigenvalue weighted by molar-refractivity contribution is 5.92. The summed E-state index contributed by atoms with van der Waals surface area (Å²) in [6.07, 6.45) is -0.816. The standard InChI is InChI=1S/C15H21NO4/c1-10(2)9-16-14(17)11(3)20-15(18)12-5-7-13(19-4)8-6-12/h5-8,10-11H,9H2,1-4H3,(H,16,17). The summed E-state index contributed by atoms with van der Waals surface area (Å²) in [4.78, 5) is 23.6. The molecule has 0 aliphatic heterocycles. The number of methoxy groups -OCH3 is 1. The van der Waals surface area contributed by atoms with Crippen LogP contribution in [0.25, 0.3) is 0 Å². The van der Waals surface area contributed by atoms with Gasteiger partial charge in [-0.2, -0.15) is 0 Å². The Bertz CT molecular complexity index is 453. The molecule has 0 fully saturated rings. The zero-order chi connectivity index (χ0) is 15.1. The fourth-order valence-corrected chi connectivity index (χ4v) is 1.46. The molecule has 5 nitrogen and oxygen atoms in total. The second-order valence-electron chi connectivity index (χ2n) is 4.92. The molecule has 0 spiro atoms. The average Bonchev–Trinajstić information content (AvgIpc) is 2.44. The molecule has 0 saturated carbocycles. The summed E-state index contributed by atoms with van der Waals surface area (Å²) in [5.41, 5.74) is 0.384. The Morgan fingerprint density at radius 1 is 1.15 bits per heavy atom. The molecule has 1 aromatic carbocycles. The van der Waals surface area contributed by atoms with Gasteiger partial charge >= 0.3 is 5.97 Å². The van der Waals surface area contributed by atoms with Crippen molar-refractivity contribution in [2.24, 2.45) is 5.92 Å². The highest BCUT2D eigenvalue weighted by Gasteiger charge is 2.18. The van der Waals surface area contributed by atoms with E-state index >= 15 is 0 Å². The van der Waals surface area contributed by atoms with Crippen LogP contribution in [-0.4, -0.2) is 31.6 Å². The van der Waals surface area contributed by atoms with Crippen LogP contribution in [0.5, 0.6) is 5.75 Å². The lowest BCUT2D eigenvalue weighted by Crippen LogP contribution is -2.37. The molecule has 110 valence electrons. The molecule has 1 unspecified atom stereocenters. The lowest BCUT2D eigenvalue weighted by Gasteiger charge is -2.14. The van der Waals surface area contributed by atoms with E-state index < -0.39 is 12.1 Å². The molecule has 0 aliphatic rings. The van der Waals surface area contributed by atoms with Crippen LogP contribution < -0.4 is 10.1 Å². The number of carbonyl (C=O) groups is 2. The first-order valence-electron chi connectivity index (χ1n) is 6.56. The van der Waals surface area contributed by atoms with Crippen molar-refractivity contribution >= 4 is 11.9 Å². The maximum Gasteiger partial charge on any atom is 0.338 e. The van der Waals surface area contributed by atoms with Gasteiger partial charge in [0.15, 0.2) is 6.10 Å². The third kappa shape index (κ3) is 4.91. The van der Waals surface area contributed by atoms with Crippen molar-refractivity contribution in [1.29, 1.82) is 0 Å². The van der Waals surface area contributed by atoms with Crippen LogP contribution in [0.1, 0.15) is 31.1 Å². The lowest BCUT2D eigenvalue weighted by molar-refractivity contribution is -0.129. The first-order valence-corrected chi connectivity index (χ1v) is 6.56. The molecular formula is C15H21NO4. The van der Waals surface area contributed by atoms with E-state index in [2.05, 4.69) is 5.32 Å². The molecule has 0 heterocycles. The van der Waals surface area contributed by atoms with Crippen LogP contribution in [0.2, 0.25) is 0 Å². The van der Waals surface area contributed by atoms with Crippen LogP contribution in [0.15, 0.2) is 24.3 Å². The summed E-state index contributed by atoms with van der Waals surface area (Å²) in [6.45, 7) is 6.10. The molecule has 1 N–H and O–H groups in total. The van der Waals surface area contributed by atoms with Crippen LogP contribution >= 0.6 is 0 Å². The minimum Gasteiger partial charge on any atom is -0.497 e. The van der Waals surface area contributed by atoms with Crippen molar-refractivity contribution in [3.8, 4) is 5.75 Å². The fourth-order valence-electron chi connectivity index (χ4n) is 1.46. The van der Waals surface area contributed by atoms with Crippen molar-refractivity contribution in [1.82, 2.24) is 5.32 Å². The van der Waals surface area contributed by atoms with Gasteiger partial charge in [0.1, 0.15) is 5.75 Å². The highest BCUT2D eigenvalue weighted by Crippen LogP contribution is 2.12. The molecular weight excluding hydrogens is 258 g/mol. The van der Waals surface area contributed by atoms with Crippen LogP contribution in [0.3, 0.4) is 0 Å². The zero-order valence-corrected chi connectivity index (χ0v) is 12.3. The van der Waals surface area contributed by atoms with Gasteiger partial charge in [-0.25, -0.2) is 4.79 Å². The topological polar surface area (TPSA) is 64.6 Å². The van der Waals surface area contributed by atoms with E-state index in [1.165, 1.54) is 0 Å². The Labute approximate surface area is 119 Å². The molecule has 0 saturated heterocycles. The summed E-state index contributed by atoms with van der Waals surface area (Å²) >= 11 is 0. The van der Waals surface area contributed by atoms with E-state index in [9.17, 15) is 9.59 Å². The Hall–Kier alpha value is -2.04. The quantitative estimate of drug-likeness (QED) is 0.809. The second kappa shape index (κ2) is 7.53. The number of carbonyl (C=O) groups excluding carboxylic acids is 2. The first kappa shape index (κ1) is 16.0. The predicted molar refractivity (Wildman–Crippen MR) is 75.7 cm³/mol. The number of nitrogens with one attached hydrogen (secondary N) is 1. The van der Waals surface area contributed by atoms with Crippen LogP contribution in [0.4, 0.5) is 0 Å². The molecule has 1 amide bonds. The largest absolute Gasteiger partial charge is 0.497 e. The van der Waals surface area contributed by atoms with E-state index in [-0.39, 0.29) is 5.91 Å². The zero-order valence-electron chi connectivity index (χ0n) is 12.3. The Morgan fingerprint density at radius 3 is 2.25 bits per heavy atom. The van der Waals surface area contributed by atoms with Gasteiger partial charge in [-0.3, -0.25) is 4.79 Å². The Morgan fingerprint density at radius 2 is 1.75 bits per heavy atom. The van der Waals surface area contributed by atoms with Gasteiger partial charge in [0.25, 0.3) is 5.91 Å². The van der Waals surface area contributed by atoms with Gasteiger partial charge in [0.2, 0.25) is 0 Å². The van der Waals surface area contributed by atoms with Crippen LogP contribution in [-0.2, 0) is 9.53 Å². The molecule has 0 bridgehead atoms. The number of rotatable bonds is 6. The molecule has 20 heavy (non-hydrogen) atoms. The monoisotopic (exact) mass is 279 g/mol. The van der Waals surface area contributed by atoms with Gasteiger partial charge in [-0.15, -0.1) is 0 Å². The minimum atomic E-state index is -0.816. The van der Waals surface area contributed by atoms with Crippen molar-refractivity contribution in [2.75, 3.05) is 13.7 Å². The van der Waals surface area contributed by atoms with E-state index in [4.69, 9.17) is 9.47 Å². The summed E-state index contributed by atoms with van der Waals surface area (Å²) < 4.78 is 10.1. The predicted octanol–water partition coefficient (Wildman–Crippen LogP) is 2.01. The molecule has 1 aromatic rings. The van der Waals surface area contributed by atoms with Crippen molar-refractivity contribution in [3.63, 3.8) is 0 Å². The number of benzene rings is 1. The number of ether oxygens (including phenoxy) is 2. The molecule has 0 aromatic heterocycles. The number of amides is 1. The first-order chi connectivity index (χ1) is 9.43.